The van der Waals surface area contributed by atoms with Crippen molar-refractivity contribution in [2.45, 2.75) is 6.42 Å². The maximum atomic E-state index is 11.9. The number of hydrazine groups is 1. The number of nitrogens with one attached hydrogen (secondary N) is 4. The first-order valence-corrected chi connectivity index (χ1v) is 9.31. The van der Waals surface area contributed by atoms with Crippen LogP contribution in [0.2, 0.25) is 0 Å². The van der Waals surface area contributed by atoms with Gasteiger partial charge in [-0.2, -0.15) is 0 Å². The van der Waals surface area contributed by atoms with Gasteiger partial charge in [-0.05, 0) is 48.5 Å². The van der Waals surface area contributed by atoms with E-state index in [-0.39, 0.29) is 17.6 Å². The summed E-state index contributed by atoms with van der Waals surface area (Å²) in [6.07, 6.45) is 0.698. The molecule has 0 fully saturated rings. The number of carbonyl (C=O) groups is 2. The third-order valence-electron chi connectivity index (χ3n) is 3.91. The minimum atomic E-state index is -0.418. The quantitative estimate of drug-likeness (QED) is 0.379. The predicted molar refractivity (Wildman–Crippen MR) is 114 cm³/mol. The van der Waals surface area contributed by atoms with Gasteiger partial charge in [-0.1, -0.05) is 24.3 Å². The molecule has 154 valence electrons. The van der Waals surface area contributed by atoms with Crippen molar-refractivity contribution < 1.29 is 19.1 Å². The Hall–Kier alpha value is -3.33. The highest BCUT2D eigenvalue weighted by Gasteiger charge is 2.08. The molecule has 0 aliphatic rings. The fourth-order valence-corrected chi connectivity index (χ4v) is 2.58. The van der Waals surface area contributed by atoms with Crippen LogP contribution < -0.4 is 31.0 Å². The van der Waals surface area contributed by atoms with E-state index in [1.54, 1.807) is 38.5 Å². The number of carbonyl (C=O) groups excluding carboxylic acids is 2. The highest BCUT2D eigenvalue weighted by Crippen LogP contribution is 2.27. The van der Waals surface area contributed by atoms with Gasteiger partial charge in [0.25, 0.3) is 11.8 Å². The second-order valence-electron chi connectivity index (χ2n) is 5.92. The Morgan fingerprint density at radius 3 is 2.34 bits per heavy atom. The van der Waals surface area contributed by atoms with Crippen LogP contribution in [-0.2, 0) is 11.2 Å². The van der Waals surface area contributed by atoms with Crippen molar-refractivity contribution in [3.63, 3.8) is 0 Å². The average molecular weight is 417 g/mol. The van der Waals surface area contributed by atoms with Gasteiger partial charge in [0.2, 0.25) is 0 Å². The summed E-state index contributed by atoms with van der Waals surface area (Å²) in [5.41, 5.74) is 6.56. The summed E-state index contributed by atoms with van der Waals surface area (Å²) in [7, 11) is 3.18. The number of thiocarbonyl (C=S) groups is 1. The third-order valence-corrected chi connectivity index (χ3v) is 4.15. The number of rotatable bonds is 8. The Bertz CT molecular complexity index is 846. The average Bonchev–Trinajstić information content (AvgIpc) is 2.76. The van der Waals surface area contributed by atoms with Gasteiger partial charge >= 0.3 is 0 Å². The molecule has 0 aliphatic carbocycles. The molecule has 2 amide bonds. The van der Waals surface area contributed by atoms with E-state index in [0.717, 1.165) is 5.56 Å². The standard InChI is InChI=1S/C20H24N4O4S/c1-27-16-9-8-14(12-17(16)28-2)10-11-21-20(29)24-23-18(25)13-22-19(26)15-6-4-3-5-7-15/h3-9,12H,10-11,13H2,1-2H3,(H,22,26)(H,23,25)(H2,21,24,29). The van der Waals surface area contributed by atoms with Crippen molar-refractivity contribution in [1.29, 1.82) is 0 Å². The molecule has 2 aromatic carbocycles. The molecule has 0 radical (unpaired) electrons. The molecule has 0 aromatic heterocycles. The molecule has 2 aromatic rings. The molecule has 0 aliphatic heterocycles. The van der Waals surface area contributed by atoms with E-state index >= 15 is 0 Å². The van der Waals surface area contributed by atoms with E-state index in [1.165, 1.54) is 0 Å². The molecule has 0 saturated carbocycles. The van der Waals surface area contributed by atoms with E-state index in [2.05, 4.69) is 21.5 Å². The lowest BCUT2D eigenvalue weighted by atomic mass is 10.1. The van der Waals surface area contributed by atoms with Gasteiger partial charge in [0, 0.05) is 12.1 Å². The fourth-order valence-electron chi connectivity index (χ4n) is 2.42. The van der Waals surface area contributed by atoms with Crippen LogP contribution in [0.1, 0.15) is 15.9 Å². The number of hydrogen-bond acceptors (Lipinski definition) is 5. The van der Waals surface area contributed by atoms with Crippen LogP contribution in [-0.4, -0.2) is 44.2 Å². The van der Waals surface area contributed by atoms with Crippen LogP contribution >= 0.6 is 12.2 Å². The summed E-state index contributed by atoms with van der Waals surface area (Å²) in [6, 6.07) is 14.3. The Morgan fingerprint density at radius 1 is 0.931 bits per heavy atom. The van der Waals surface area contributed by atoms with Gasteiger partial charge in [0.1, 0.15) is 0 Å². The van der Waals surface area contributed by atoms with Crippen LogP contribution in [0.3, 0.4) is 0 Å². The van der Waals surface area contributed by atoms with Crippen molar-refractivity contribution >= 4 is 29.1 Å². The van der Waals surface area contributed by atoms with Gasteiger partial charge in [0.15, 0.2) is 16.6 Å². The summed E-state index contributed by atoms with van der Waals surface area (Å²) in [6.45, 7) is 0.386. The van der Waals surface area contributed by atoms with E-state index in [0.29, 0.717) is 30.0 Å². The first kappa shape index (κ1) is 22.0. The van der Waals surface area contributed by atoms with Gasteiger partial charge < -0.3 is 20.1 Å². The number of methoxy groups -OCH3 is 2. The molecule has 0 bridgehead atoms. The van der Waals surface area contributed by atoms with Crippen molar-refractivity contribution in [2.75, 3.05) is 27.3 Å². The molecule has 0 spiro atoms. The predicted octanol–water partition coefficient (Wildman–Crippen LogP) is 1.17. The van der Waals surface area contributed by atoms with Crippen molar-refractivity contribution in [3.05, 3.63) is 59.7 Å². The molecule has 0 heterocycles. The van der Waals surface area contributed by atoms with E-state index in [9.17, 15) is 9.59 Å². The number of amides is 2. The molecule has 2 rings (SSSR count). The first-order valence-electron chi connectivity index (χ1n) is 8.90. The Balaban J connectivity index is 1.65. The highest BCUT2D eigenvalue weighted by atomic mass is 32.1. The molecule has 8 nitrogen and oxygen atoms in total. The van der Waals surface area contributed by atoms with Gasteiger partial charge in [-0.15, -0.1) is 0 Å². The SMILES string of the molecule is COc1ccc(CCNC(=S)NNC(=O)CNC(=O)c2ccccc2)cc1OC. The normalized spacial score (nSPS) is 9.86. The fraction of sp³-hybridized carbons (Fsp3) is 0.250. The molecule has 0 unspecified atom stereocenters. The molecular formula is C20H24N4O4S. The van der Waals surface area contributed by atoms with Crippen LogP contribution in [0, 0.1) is 0 Å². The second-order valence-corrected chi connectivity index (χ2v) is 6.33. The molecule has 29 heavy (non-hydrogen) atoms. The number of ether oxygens (including phenoxy) is 2. The second kappa shape index (κ2) is 11.5. The molecule has 4 N–H and O–H groups in total. The maximum absolute atomic E-state index is 11.9. The van der Waals surface area contributed by atoms with Crippen molar-refractivity contribution in [1.82, 2.24) is 21.5 Å². The zero-order valence-electron chi connectivity index (χ0n) is 16.3. The Labute approximate surface area is 174 Å². The first-order chi connectivity index (χ1) is 14.0. The molecule has 0 saturated heterocycles. The van der Waals surface area contributed by atoms with Gasteiger partial charge in [-0.25, -0.2) is 0 Å². The lowest BCUT2D eigenvalue weighted by Crippen LogP contribution is -2.50. The molecule has 9 heteroatoms. The zero-order chi connectivity index (χ0) is 21.1. The molecular weight excluding hydrogens is 392 g/mol. The van der Waals surface area contributed by atoms with E-state index in [1.807, 2.05) is 24.3 Å². The summed E-state index contributed by atoms with van der Waals surface area (Å²) in [5.74, 6) is 0.591. The summed E-state index contributed by atoms with van der Waals surface area (Å²) < 4.78 is 10.5. The van der Waals surface area contributed by atoms with E-state index < -0.39 is 5.91 Å². The van der Waals surface area contributed by atoms with E-state index in [4.69, 9.17) is 21.7 Å². The molecule has 0 atom stereocenters. The topological polar surface area (TPSA) is 101 Å². The largest absolute Gasteiger partial charge is 0.493 e. The number of hydrogen-bond donors (Lipinski definition) is 4. The lowest BCUT2D eigenvalue weighted by Gasteiger charge is -2.13. The summed E-state index contributed by atoms with van der Waals surface area (Å²) in [4.78, 5) is 23.7. The third kappa shape index (κ3) is 7.30. The lowest BCUT2D eigenvalue weighted by molar-refractivity contribution is -0.120. The van der Waals surface area contributed by atoms with Crippen molar-refractivity contribution in [3.8, 4) is 11.5 Å². The Kier molecular flexibility index (Phi) is 8.71. The monoisotopic (exact) mass is 416 g/mol. The van der Waals surface area contributed by atoms with Crippen LogP contribution in [0.5, 0.6) is 11.5 Å². The summed E-state index contributed by atoms with van der Waals surface area (Å²) in [5, 5.41) is 5.79. The smallest absolute Gasteiger partial charge is 0.257 e. The zero-order valence-corrected chi connectivity index (χ0v) is 17.1. The Morgan fingerprint density at radius 2 is 1.66 bits per heavy atom. The van der Waals surface area contributed by atoms with Crippen LogP contribution in [0.4, 0.5) is 0 Å². The highest BCUT2D eigenvalue weighted by molar-refractivity contribution is 7.80. The van der Waals surface area contributed by atoms with Crippen molar-refractivity contribution in [2.24, 2.45) is 0 Å². The van der Waals surface area contributed by atoms with Gasteiger partial charge in [0.05, 0.1) is 20.8 Å². The number of benzene rings is 2. The summed E-state index contributed by atoms with van der Waals surface area (Å²) >= 11 is 5.12. The van der Waals surface area contributed by atoms with Crippen LogP contribution in [0.15, 0.2) is 48.5 Å². The van der Waals surface area contributed by atoms with Crippen LogP contribution in [0.25, 0.3) is 0 Å². The maximum Gasteiger partial charge on any atom is 0.257 e. The minimum Gasteiger partial charge on any atom is -0.493 e. The van der Waals surface area contributed by atoms with Gasteiger partial charge in [-0.3, -0.25) is 20.4 Å². The minimum absolute atomic E-state index is 0.172.